The van der Waals surface area contributed by atoms with Gasteiger partial charge in [0.15, 0.2) is 16.8 Å². The van der Waals surface area contributed by atoms with Gasteiger partial charge in [-0.15, -0.1) is 10.2 Å². The highest BCUT2D eigenvalue weighted by atomic mass is 32.2. The van der Waals surface area contributed by atoms with E-state index in [2.05, 4.69) is 20.3 Å². The highest BCUT2D eigenvalue weighted by Crippen LogP contribution is 2.36. The summed E-state index contributed by atoms with van der Waals surface area (Å²) in [6, 6.07) is 12.0. The fourth-order valence-corrected chi connectivity index (χ4v) is 3.54. The normalized spacial score (nSPS) is 12.3. The number of thioether (sulfide) groups is 1. The van der Waals surface area contributed by atoms with Crippen molar-refractivity contribution < 1.29 is 13.3 Å². The lowest BCUT2D eigenvalue weighted by Crippen LogP contribution is -2.01. The van der Waals surface area contributed by atoms with Gasteiger partial charge in [0.1, 0.15) is 11.6 Å². The Morgan fingerprint density at radius 3 is 2.21 bits per heavy atom. The summed E-state index contributed by atoms with van der Waals surface area (Å²) in [5.41, 5.74) is 1.37. The van der Waals surface area contributed by atoms with Crippen LogP contribution in [0.25, 0.3) is 17.1 Å². The molecule has 1 unspecified atom stereocenters. The van der Waals surface area contributed by atoms with Gasteiger partial charge in [0.05, 0.1) is 5.25 Å². The Balaban J connectivity index is 1.77. The fourth-order valence-electron chi connectivity index (χ4n) is 2.64. The maximum absolute atomic E-state index is 13.4. The van der Waals surface area contributed by atoms with E-state index < -0.39 is 0 Å². The standard InChI is InChI=1S/C19H15F2N5OS/c1-11(18-22-12(2)25-27-18)28-19-24-23-17(13-3-5-14(20)6-4-13)26(19)16-9-7-15(21)8-10-16/h3-11H,1-2H3. The van der Waals surface area contributed by atoms with Crippen LogP contribution in [0.15, 0.2) is 58.2 Å². The minimum atomic E-state index is -0.343. The third-order valence-electron chi connectivity index (χ3n) is 3.99. The molecule has 28 heavy (non-hydrogen) atoms. The maximum Gasteiger partial charge on any atom is 0.239 e. The lowest BCUT2D eigenvalue weighted by Gasteiger charge is -2.12. The number of rotatable bonds is 5. The summed E-state index contributed by atoms with van der Waals surface area (Å²) in [6.07, 6.45) is 0. The average molecular weight is 399 g/mol. The van der Waals surface area contributed by atoms with E-state index in [9.17, 15) is 8.78 Å². The largest absolute Gasteiger partial charge is 0.338 e. The van der Waals surface area contributed by atoms with Crippen LogP contribution < -0.4 is 0 Å². The molecule has 1 atom stereocenters. The van der Waals surface area contributed by atoms with Crippen LogP contribution in [0.4, 0.5) is 8.78 Å². The molecule has 2 heterocycles. The van der Waals surface area contributed by atoms with E-state index in [0.717, 1.165) is 0 Å². The van der Waals surface area contributed by atoms with Crippen LogP contribution in [0.1, 0.15) is 23.9 Å². The number of halogens is 2. The van der Waals surface area contributed by atoms with E-state index in [4.69, 9.17) is 4.52 Å². The molecule has 0 spiro atoms. The van der Waals surface area contributed by atoms with Crippen molar-refractivity contribution in [2.75, 3.05) is 0 Å². The topological polar surface area (TPSA) is 69.6 Å². The quantitative estimate of drug-likeness (QED) is 0.451. The van der Waals surface area contributed by atoms with Gasteiger partial charge in [-0.25, -0.2) is 8.78 Å². The molecule has 0 radical (unpaired) electrons. The van der Waals surface area contributed by atoms with Crippen molar-refractivity contribution in [2.24, 2.45) is 0 Å². The highest BCUT2D eigenvalue weighted by Gasteiger charge is 2.22. The van der Waals surface area contributed by atoms with Crippen LogP contribution in [-0.2, 0) is 0 Å². The first-order valence-electron chi connectivity index (χ1n) is 8.45. The molecule has 9 heteroatoms. The van der Waals surface area contributed by atoms with Crippen LogP contribution >= 0.6 is 11.8 Å². The Kier molecular flexibility index (Phi) is 4.91. The summed E-state index contributed by atoms with van der Waals surface area (Å²) in [5, 5.41) is 12.8. The molecule has 0 amide bonds. The number of aromatic nitrogens is 5. The first kappa shape index (κ1) is 18.3. The monoisotopic (exact) mass is 399 g/mol. The first-order valence-corrected chi connectivity index (χ1v) is 9.33. The second kappa shape index (κ2) is 7.51. The Morgan fingerprint density at radius 1 is 0.964 bits per heavy atom. The van der Waals surface area contributed by atoms with Crippen molar-refractivity contribution in [2.45, 2.75) is 24.3 Å². The second-order valence-corrected chi connectivity index (χ2v) is 7.37. The summed E-state index contributed by atoms with van der Waals surface area (Å²) in [6.45, 7) is 3.66. The molecule has 2 aromatic heterocycles. The second-order valence-electron chi connectivity index (χ2n) is 6.06. The van der Waals surface area contributed by atoms with Gasteiger partial charge >= 0.3 is 0 Å². The molecule has 0 aliphatic carbocycles. The number of hydrogen-bond acceptors (Lipinski definition) is 6. The maximum atomic E-state index is 13.4. The zero-order chi connectivity index (χ0) is 19.7. The molecule has 4 aromatic rings. The molecular weight excluding hydrogens is 384 g/mol. The van der Waals surface area contributed by atoms with Crippen molar-refractivity contribution in [1.82, 2.24) is 24.9 Å². The molecule has 0 saturated heterocycles. The lowest BCUT2D eigenvalue weighted by molar-refractivity contribution is 0.376. The summed E-state index contributed by atoms with van der Waals surface area (Å²) >= 11 is 1.38. The number of hydrogen-bond donors (Lipinski definition) is 0. The van der Waals surface area contributed by atoms with Crippen molar-refractivity contribution in [3.63, 3.8) is 0 Å². The molecule has 0 aliphatic rings. The Morgan fingerprint density at radius 2 is 1.61 bits per heavy atom. The van der Waals surface area contributed by atoms with Gasteiger partial charge in [0.25, 0.3) is 0 Å². The lowest BCUT2D eigenvalue weighted by atomic mass is 10.2. The summed E-state index contributed by atoms with van der Waals surface area (Å²) in [4.78, 5) is 4.25. The predicted molar refractivity (Wildman–Crippen MR) is 100 cm³/mol. The summed E-state index contributed by atoms with van der Waals surface area (Å²) in [7, 11) is 0. The van der Waals surface area contributed by atoms with E-state index in [1.165, 1.54) is 36.0 Å². The smallest absolute Gasteiger partial charge is 0.239 e. The van der Waals surface area contributed by atoms with E-state index in [1.54, 1.807) is 35.8 Å². The van der Waals surface area contributed by atoms with Crippen molar-refractivity contribution in [3.8, 4) is 17.1 Å². The minimum Gasteiger partial charge on any atom is -0.338 e. The van der Waals surface area contributed by atoms with Gasteiger partial charge in [-0.05, 0) is 62.4 Å². The van der Waals surface area contributed by atoms with Gasteiger partial charge < -0.3 is 4.52 Å². The predicted octanol–water partition coefficient (Wildman–Crippen LogP) is 4.76. The molecule has 6 nitrogen and oxygen atoms in total. The summed E-state index contributed by atoms with van der Waals surface area (Å²) < 4.78 is 33.8. The SMILES string of the molecule is Cc1noc(C(C)Sc2nnc(-c3ccc(F)cc3)n2-c2ccc(F)cc2)n1. The van der Waals surface area contributed by atoms with Gasteiger partial charge in [-0.3, -0.25) is 4.57 Å². The first-order chi connectivity index (χ1) is 13.5. The van der Waals surface area contributed by atoms with Crippen LogP contribution in [-0.4, -0.2) is 24.9 Å². The van der Waals surface area contributed by atoms with Gasteiger partial charge in [0.2, 0.25) is 5.89 Å². The molecule has 2 aromatic carbocycles. The third-order valence-corrected chi connectivity index (χ3v) is 5.02. The Bertz CT molecular complexity index is 1090. The Labute approximate surface area is 163 Å². The molecule has 4 rings (SSSR count). The Hall–Kier alpha value is -3.07. The average Bonchev–Trinajstić information content (AvgIpc) is 3.30. The van der Waals surface area contributed by atoms with Crippen LogP contribution in [0.2, 0.25) is 0 Å². The number of nitrogens with zero attached hydrogens (tertiary/aromatic N) is 5. The zero-order valence-electron chi connectivity index (χ0n) is 15.0. The number of aryl methyl sites for hydroxylation is 1. The van der Waals surface area contributed by atoms with E-state index in [0.29, 0.717) is 33.9 Å². The van der Waals surface area contributed by atoms with E-state index in [-0.39, 0.29) is 16.9 Å². The fraction of sp³-hybridized carbons (Fsp3) is 0.158. The molecule has 0 aliphatic heterocycles. The molecule has 0 bridgehead atoms. The molecule has 142 valence electrons. The summed E-state index contributed by atoms with van der Waals surface area (Å²) in [5.74, 6) is 0.854. The highest BCUT2D eigenvalue weighted by molar-refractivity contribution is 7.99. The molecule has 0 saturated carbocycles. The zero-order valence-corrected chi connectivity index (χ0v) is 15.8. The van der Waals surface area contributed by atoms with Crippen LogP contribution in [0.5, 0.6) is 0 Å². The van der Waals surface area contributed by atoms with E-state index >= 15 is 0 Å². The third kappa shape index (κ3) is 3.65. The van der Waals surface area contributed by atoms with Crippen molar-refractivity contribution >= 4 is 11.8 Å². The van der Waals surface area contributed by atoms with Gasteiger partial charge in [-0.2, -0.15) is 4.98 Å². The minimum absolute atomic E-state index is 0.175. The van der Waals surface area contributed by atoms with Crippen LogP contribution in [0.3, 0.4) is 0 Å². The van der Waals surface area contributed by atoms with E-state index in [1.807, 2.05) is 6.92 Å². The molecular formula is C19H15F2N5OS. The van der Waals surface area contributed by atoms with Crippen LogP contribution in [0, 0.1) is 18.6 Å². The molecule has 0 fully saturated rings. The van der Waals surface area contributed by atoms with Crippen molar-refractivity contribution in [1.29, 1.82) is 0 Å². The van der Waals surface area contributed by atoms with Gasteiger partial charge in [0, 0.05) is 11.3 Å². The van der Waals surface area contributed by atoms with Crippen molar-refractivity contribution in [3.05, 3.63) is 71.9 Å². The van der Waals surface area contributed by atoms with Gasteiger partial charge in [-0.1, -0.05) is 16.9 Å². The number of benzene rings is 2. The molecule has 0 N–H and O–H groups in total.